The maximum Gasteiger partial charge on any atom is 0.222 e. The number of aliphatic hydroxyl groups excluding tert-OH is 4. The van der Waals surface area contributed by atoms with Crippen molar-refractivity contribution in [1.82, 2.24) is 0 Å². The van der Waals surface area contributed by atoms with Gasteiger partial charge in [0.05, 0.1) is 12.0 Å². The summed E-state index contributed by atoms with van der Waals surface area (Å²) >= 11 is 0. The predicted octanol–water partition coefficient (Wildman–Crippen LogP) is 1.44. The van der Waals surface area contributed by atoms with E-state index < -0.39 is 48.8 Å². The maximum atomic E-state index is 13.4. The molecule has 3 aliphatic heterocycles. The molecule has 3 aromatic rings. The third kappa shape index (κ3) is 6.64. The van der Waals surface area contributed by atoms with Crippen LogP contribution in [0.2, 0.25) is 0 Å². The average Bonchev–Trinajstić information content (AvgIpc) is 3.88. The molecule has 7 N–H and O–H groups in total. The number of hydrogen-bond acceptors (Lipinski definition) is 12. The summed E-state index contributed by atoms with van der Waals surface area (Å²) in [6, 6.07) is 9.16. The molecule has 2 aromatic carbocycles. The molecule has 7 unspecified atom stereocenters. The third-order valence-electron chi connectivity index (χ3n) is 10.9. The molecular formula is C38H45N2O11+. The molecule has 0 amide bonds. The van der Waals surface area contributed by atoms with Crippen molar-refractivity contribution in [3.63, 3.8) is 0 Å². The van der Waals surface area contributed by atoms with Crippen molar-refractivity contribution in [1.29, 1.82) is 0 Å². The van der Waals surface area contributed by atoms with Crippen LogP contribution in [-0.2, 0) is 22.6 Å². The zero-order chi connectivity index (χ0) is 36.1. The van der Waals surface area contributed by atoms with E-state index in [-0.39, 0.29) is 29.9 Å². The number of quaternary nitrogens is 1. The molecule has 0 bridgehead atoms. The lowest BCUT2D eigenvalue weighted by molar-refractivity contribution is -0.763. The Labute approximate surface area is 294 Å². The van der Waals surface area contributed by atoms with Crippen LogP contribution in [0.3, 0.4) is 0 Å². The zero-order valence-electron chi connectivity index (χ0n) is 28.6. The average molecular weight is 706 g/mol. The lowest BCUT2D eigenvalue weighted by atomic mass is 9.78. The monoisotopic (exact) mass is 705 g/mol. The van der Waals surface area contributed by atoms with Gasteiger partial charge >= 0.3 is 0 Å². The minimum atomic E-state index is -2.20. The Kier molecular flexibility index (Phi) is 9.67. The predicted molar refractivity (Wildman–Crippen MR) is 185 cm³/mol. The first-order chi connectivity index (χ1) is 24.4. The van der Waals surface area contributed by atoms with Gasteiger partial charge in [-0.15, -0.1) is 0 Å². The molecule has 0 saturated heterocycles. The number of phenolic OH excluding ortho intramolecular Hbond substituents is 1. The highest BCUT2D eigenvalue weighted by molar-refractivity contribution is 5.90. The molecule has 0 radical (unpaired) electrons. The number of ether oxygens (including phenoxy) is 1. The quantitative estimate of drug-likeness (QED) is 0.106. The summed E-state index contributed by atoms with van der Waals surface area (Å²) in [4.78, 5) is 30.7. The van der Waals surface area contributed by atoms with Crippen molar-refractivity contribution in [2.24, 2.45) is 10.9 Å². The Morgan fingerprint density at radius 1 is 1.14 bits per heavy atom. The van der Waals surface area contributed by atoms with Gasteiger partial charge in [0.1, 0.15) is 72.2 Å². The van der Waals surface area contributed by atoms with Gasteiger partial charge in [-0.2, -0.15) is 0 Å². The standard InChI is InChI=1S/C38H44N2O11/c1-21-13-29(43)27-14-24-15-31(51-48-20-38(47,36(46)33(45)30(44)19-41)16-22-7-9-26(42)10-8-22)37(2,25-5-3-4-6-25)50-34(24)32(35(27)49-21)40-17-23-11-12-39-28(23)18-40/h7-14,18,25,30-31,33,36,41-42,44-47H,3-6,15-17,19-20H2,1-2H3/p+1. The van der Waals surface area contributed by atoms with Crippen molar-refractivity contribution in [3.05, 3.63) is 87.1 Å². The van der Waals surface area contributed by atoms with Crippen molar-refractivity contribution in [3.8, 4) is 11.5 Å². The van der Waals surface area contributed by atoms with E-state index in [1.165, 1.54) is 18.2 Å². The summed E-state index contributed by atoms with van der Waals surface area (Å²) in [5.41, 5.74) is 1.02. The van der Waals surface area contributed by atoms with Gasteiger partial charge < -0.3 is 39.8 Å². The number of hydrogen-bond donors (Lipinski definition) is 7. The summed E-state index contributed by atoms with van der Waals surface area (Å²) < 4.78 is 13.3. The van der Waals surface area contributed by atoms with Crippen LogP contribution >= 0.6 is 0 Å². The molecule has 7 rings (SSSR count). The molecule has 1 aliphatic carbocycles. The molecule has 272 valence electrons. The van der Waals surface area contributed by atoms with Crippen molar-refractivity contribution >= 4 is 22.9 Å². The SMILES string of the molecule is Cc1cc(=O)c2cc3c(c([NH+]4C=C5N=CC=C5C4)c2o1)OC(C)(C1CCCC1)C(OOCC(O)(Cc1ccc(O)cc1)C(O)C(O)C(O)CO)C3. The number of aromatic hydroxyl groups is 1. The lowest BCUT2D eigenvalue weighted by Crippen LogP contribution is -3.01. The number of rotatable bonds is 12. The molecule has 4 aliphatic rings. The second kappa shape index (κ2) is 13.9. The van der Waals surface area contributed by atoms with Crippen molar-refractivity contribution < 1.29 is 54.5 Å². The smallest absolute Gasteiger partial charge is 0.222 e. The molecule has 0 spiro atoms. The Hall–Kier alpha value is -3.92. The van der Waals surface area contributed by atoms with E-state index in [4.69, 9.17) is 18.9 Å². The second-order valence-electron chi connectivity index (χ2n) is 14.5. The molecule has 13 nitrogen and oxygen atoms in total. The van der Waals surface area contributed by atoms with E-state index in [1.807, 2.05) is 19.2 Å². The third-order valence-corrected chi connectivity index (χ3v) is 10.9. The van der Waals surface area contributed by atoms with Crippen LogP contribution in [-0.4, -0.2) is 92.2 Å². The summed E-state index contributed by atoms with van der Waals surface area (Å²) in [5, 5.41) is 63.1. The van der Waals surface area contributed by atoms with Gasteiger partial charge in [-0.25, -0.2) is 9.78 Å². The highest BCUT2D eigenvalue weighted by Gasteiger charge is 2.52. The van der Waals surface area contributed by atoms with Gasteiger partial charge in [0.25, 0.3) is 0 Å². The fourth-order valence-electron chi connectivity index (χ4n) is 7.97. The first-order valence-corrected chi connectivity index (χ1v) is 17.4. The zero-order valence-corrected chi connectivity index (χ0v) is 28.6. The topological polar surface area (TPSA) is 196 Å². The largest absolute Gasteiger partial charge is 0.508 e. The molecule has 7 atom stereocenters. The van der Waals surface area contributed by atoms with Crippen LogP contribution < -0.4 is 15.1 Å². The normalized spacial score (nSPS) is 25.9. The van der Waals surface area contributed by atoms with Gasteiger partial charge in [0.2, 0.25) is 11.3 Å². The number of benzene rings is 2. The van der Waals surface area contributed by atoms with E-state index in [9.17, 15) is 35.4 Å². The van der Waals surface area contributed by atoms with E-state index in [0.717, 1.165) is 47.4 Å². The molecule has 13 heteroatoms. The van der Waals surface area contributed by atoms with Crippen LogP contribution in [0, 0.1) is 12.8 Å². The van der Waals surface area contributed by atoms with Crippen LogP contribution in [0.15, 0.2) is 74.1 Å². The van der Waals surface area contributed by atoms with Crippen LogP contribution in [0.25, 0.3) is 11.0 Å². The number of aryl methyl sites for hydroxylation is 1. The first kappa shape index (κ1) is 35.5. The Morgan fingerprint density at radius 3 is 2.59 bits per heavy atom. The highest BCUT2D eigenvalue weighted by Crippen LogP contribution is 2.48. The fraction of sp³-hybridized carbons (Fsp3) is 0.474. The van der Waals surface area contributed by atoms with Crippen molar-refractivity contribution in [2.45, 2.75) is 88.0 Å². The summed E-state index contributed by atoms with van der Waals surface area (Å²) in [7, 11) is 0. The van der Waals surface area contributed by atoms with E-state index in [2.05, 4.69) is 4.99 Å². The molecule has 1 fully saturated rings. The molecule has 1 aromatic heterocycles. The fourth-order valence-corrected chi connectivity index (χ4v) is 7.97. The number of allylic oxidation sites excluding steroid dienone is 1. The van der Waals surface area contributed by atoms with Crippen LogP contribution in [0.1, 0.15) is 49.5 Å². The Bertz CT molecular complexity index is 1930. The van der Waals surface area contributed by atoms with E-state index in [0.29, 0.717) is 40.3 Å². The van der Waals surface area contributed by atoms with Crippen molar-refractivity contribution in [2.75, 3.05) is 19.8 Å². The minimum absolute atomic E-state index is 0.00204. The van der Waals surface area contributed by atoms with Gasteiger partial charge in [-0.05, 0) is 56.5 Å². The van der Waals surface area contributed by atoms with Gasteiger partial charge in [0, 0.05) is 42.2 Å². The number of nitrogens with one attached hydrogen (secondary N) is 1. The van der Waals surface area contributed by atoms with Gasteiger partial charge in [0.15, 0.2) is 11.2 Å². The Balaban J connectivity index is 1.23. The number of fused-ring (bicyclic) bond motifs is 3. The maximum absolute atomic E-state index is 13.4. The number of nitrogens with zero attached hydrogens (tertiary/aromatic N) is 1. The second-order valence-corrected chi connectivity index (χ2v) is 14.5. The molecule has 51 heavy (non-hydrogen) atoms. The summed E-state index contributed by atoms with van der Waals surface area (Å²) in [6.45, 7) is 2.85. The number of phenols is 1. The van der Waals surface area contributed by atoms with E-state index >= 15 is 0 Å². The number of aliphatic hydroxyl groups is 5. The molecular weight excluding hydrogens is 660 g/mol. The molecule has 1 saturated carbocycles. The Morgan fingerprint density at radius 2 is 1.88 bits per heavy atom. The lowest BCUT2D eigenvalue weighted by Gasteiger charge is -2.45. The van der Waals surface area contributed by atoms with Gasteiger partial charge in [-0.3, -0.25) is 14.7 Å². The summed E-state index contributed by atoms with van der Waals surface area (Å²) in [6.07, 6.45) is 3.27. The highest BCUT2D eigenvalue weighted by atomic mass is 17.2. The van der Waals surface area contributed by atoms with E-state index in [1.54, 1.807) is 31.3 Å². The number of aliphatic imine (C=N–C) groups is 1. The minimum Gasteiger partial charge on any atom is -0.508 e. The molecule has 4 heterocycles. The summed E-state index contributed by atoms with van der Waals surface area (Å²) in [5.74, 6) is 1.18. The van der Waals surface area contributed by atoms with Crippen LogP contribution in [0.5, 0.6) is 11.5 Å². The van der Waals surface area contributed by atoms with Gasteiger partial charge in [-0.1, -0.05) is 25.0 Å². The van der Waals surface area contributed by atoms with Crippen LogP contribution in [0.4, 0.5) is 5.69 Å². The first-order valence-electron chi connectivity index (χ1n) is 17.4.